The van der Waals surface area contributed by atoms with Gasteiger partial charge in [0.15, 0.2) is 5.69 Å². The number of para-hydroxylation sites is 1. The number of sulfonamides is 1. The molecule has 2 heterocycles. The molecule has 0 atom stereocenters. The highest BCUT2D eigenvalue weighted by Gasteiger charge is 2.35. The van der Waals surface area contributed by atoms with Gasteiger partial charge in [-0.2, -0.15) is 14.6 Å². The summed E-state index contributed by atoms with van der Waals surface area (Å²) in [5.74, 6) is -0.270. The fourth-order valence-corrected chi connectivity index (χ4v) is 4.76. The Kier molecular flexibility index (Phi) is 5.28. The Morgan fingerprint density at radius 1 is 1.07 bits per heavy atom. The van der Waals surface area contributed by atoms with Crippen molar-refractivity contribution in [2.45, 2.75) is 12.0 Å². The van der Waals surface area contributed by atoms with Gasteiger partial charge in [-0.1, -0.05) is 29.8 Å². The lowest BCUT2D eigenvalue weighted by Crippen LogP contribution is -2.49. The first-order chi connectivity index (χ1) is 14.4. The molecule has 1 saturated heterocycles. The summed E-state index contributed by atoms with van der Waals surface area (Å²) in [6.07, 6.45) is 0. The van der Waals surface area contributed by atoms with Gasteiger partial charge in [0.25, 0.3) is 15.1 Å². The van der Waals surface area contributed by atoms with Gasteiger partial charge in [0.2, 0.25) is 5.89 Å². The lowest BCUT2D eigenvalue weighted by atomic mass is 10.1. The van der Waals surface area contributed by atoms with Crippen LogP contribution < -0.4 is 4.90 Å². The Balaban J connectivity index is 1.58. The number of aromatic nitrogens is 1. The van der Waals surface area contributed by atoms with Gasteiger partial charge in [-0.25, -0.2) is 12.8 Å². The summed E-state index contributed by atoms with van der Waals surface area (Å²) in [7, 11) is -4.05. The molecule has 9 heteroatoms. The Hall–Kier alpha value is -3.22. The first-order valence-electron chi connectivity index (χ1n) is 9.38. The van der Waals surface area contributed by atoms with Crippen LogP contribution in [0.2, 0.25) is 0 Å². The summed E-state index contributed by atoms with van der Waals surface area (Å²) in [5, 5.41) is 8.94. The van der Waals surface area contributed by atoms with E-state index in [-0.39, 0.29) is 30.5 Å². The monoisotopic (exact) mass is 426 g/mol. The fourth-order valence-electron chi connectivity index (χ4n) is 3.37. The number of rotatable bonds is 4. The normalized spacial score (nSPS) is 15.2. The molecule has 7 nitrogen and oxygen atoms in total. The minimum absolute atomic E-state index is 0.0788. The number of aryl methyl sites for hydroxylation is 1. The smallest absolute Gasteiger partial charge is 0.279 e. The van der Waals surface area contributed by atoms with Gasteiger partial charge in [-0.3, -0.25) is 0 Å². The van der Waals surface area contributed by atoms with Crippen molar-refractivity contribution in [2.75, 3.05) is 31.1 Å². The molecule has 0 aliphatic carbocycles. The lowest BCUT2D eigenvalue weighted by molar-refractivity contribution is 0.362. The molecule has 0 bridgehead atoms. The van der Waals surface area contributed by atoms with Crippen LogP contribution in [0.1, 0.15) is 11.3 Å². The predicted octanol–water partition coefficient (Wildman–Crippen LogP) is 3.17. The summed E-state index contributed by atoms with van der Waals surface area (Å²) in [6.45, 7) is 2.85. The third-order valence-corrected chi connectivity index (χ3v) is 6.80. The van der Waals surface area contributed by atoms with Crippen molar-refractivity contribution < 1.29 is 17.2 Å². The van der Waals surface area contributed by atoms with Crippen molar-refractivity contribution in [2.24, 2.45) is 0 Å². The molecule has 1 fully saturated rings. The first-order valence-corrected chi connectivity index (χ1v) is 10.8. The maximum absolute atomic E-state index is 14.0. The van der Waals surface area contributed by atoms with Gasteiger partial charge in [0.1, 0.15) is 11.9 Å². The van der Waals surface area contributed by atoms with Crippen LogP contribution in [0.5, 0.6) is 0 Å². The van der Waals surface area contributed by atoms with E-state index in [1.54, 1.807) is 35.2 Å². The van der Waals surface area contributed by atoms with Crippen LogP contribution in [0.3, 0.4) is 0 Å². The number of oxazole rings is 1. The summed E-state index contributed by atoms with van der Waals surface area (Å²) in [6, 6.07) is 15.4. The molecule has 0 amide bonds. The van der Waals surface area contributed by atoms with Crippen LogP contribution >= 0.6 is 0 Å². The molecule has 0 saturated carbocycles. The molecule has 1 aliphatic heterocycles. The van der Waals surface area contributed by atoms with Crippen molar-refractivity contribution in [1.82, 2.24) is 9.29 Å². The molecule has 2 aromatic carbocycles. The standard InChI is InChI=1S/C21H19FN4O3S/c1-15-6-8-16(9-7-15)20-24-18(14-23)21(29-20)30(27,28)26-12-10-25(11-13-26)19-5-3-2-4-17(19)22/h2-9H,10-13H2,1H3. The van der Waals surface area contributed by atoms with E-state index in [1.807, 2.05) is 25.1 Å². The van der Waals surface area contributed by atoms with Gasteiger partial charge in [0, 0.05) is 31.7 Å². The minimum Gasteiger partial charge on any atom is -0.422 e. The number of halogens is 1. The van der Waals surface area contributed by atoms with E-state index in [9.17, 15) is 18.1 Å². The molecule has 154 valence electrons. The Labute approximate surface area is 174 Å². The highest BCUT2D eigenvalue weighted by atomic mass is 32.2. The van der Waals surface area contributed by atoms with Crippen LogP contribution in [0, 0.1) is 24.1 Å². The van der Waals surface area contributed by atoms with Gasteiger partial charge in [-0.05, 0) is 31.2 Å². The Morgan fingerprint density at radius 3 is 2.37 bits per heavy atom. The van der Waals surface area contributed by atoms with E-state index < -0.39 is 15.1 Å². The van der Waals surface area contributed by atoms with Crippen LogP contribution in [-0.4, -0.2) is 43.9 Å². The number of anilines is 1. The quantitative estimate of drug-likeness (QED) is 0.637. The SMILES string of the molecule is Cc1ccc(-c2nc(C#N)c(S(=O)(=O)N3CCN(c4ccccc4F)CC3)o2)cc1. The molecular weight excluding hydrogens is 407 g/mol. The third-order valence-electron chi connectivity index (χ3n) is 5.01. The van der Waals surface area contributed by atoms with Crippen molar-refractivity contribution >= 4 is 15.7 Å². The molecule has 30 heavy (non-hydrogen) atoms. The molecule has 1 aliphatic rings. The van der Waals surface area contributed by atoms with E-state index in [2.05, 4.69) is 4.98 Å². The average molecular weight is 426 g/mol. The highest BCUT2D eigenvalue weighted by Crippen LogP contribution is 2.29. The van der Waals surface area contributed by atoms with Crippen LogP contribution in [0.4, 0.5) is 10.1 Å². The molecule has 0 spiro atoms. The zero-order valence-electron chi connectivity index (χ0n) is 16.2. The zero-order valence-corrected chi connectivity index (χ0v) is 17.1. The van der Waals surface area contributed by atoms with E-state index in [1.165, 1.54) is 10.4 Å². The summed E-state index contributed by atoms with van der Waals surface area (Å²) >= 11 is 0. The van der Waals surface area contributed by atoms with Crippen molar-refractivity contribution in [3.63, 3.8) is 0 Å². The van der Waals surface area contributed by atoms with Crippen LogP contribution in [0.25, 0.3) is 11.5 Å². The van der Waals surface area contributed by atoms with Crippen LogP contribution in [0.15, 0.2) is 58.0 Å². The molecule has 4 rings (SSSR count). The molecular formula is C21H19FN4O3S. The van der Waals surface area contributed by atoms with E-state index in [0.29, 0.717) is 24.3 Å². The maximum atomic E-state index is 14.0. The maximum Gasteiger partial charge on any atom is 0.279 e. The second kappa shape index (κ2) is 7.89. The number of hydrogen-bond donors (Lipinski definition) is 0. The van der Waals surface area contributed by atoms with Gasteiger partial charge in [-0.15, -0.1) is 0 Å². The number of nitriles is 1. The largest absolute Gasteiger partial charge is 0.422 e. The molecule has 1 aromatic heterocycles. The van der Waals surface area contributed by atoms with Crippen molar-refractivity contribution in [3.05, 3.63) is 65.6 Å². The minimum atomic E-state index is -4.05. The third kappa shape index (κ3) is 3.67. The summed E-state index contributed by atoms with van der Waals surface area (Å²) in [5.41, 5.74) is 1.78. The Morgan fingerprint density at radius 2 is 1.73 bits per heavy atom. The molecule has 0 unspecified atom stereocenters. The molecule has 0 radical (unpaired) electrons. The van der Waals surface area contributed by atoms with Gasteiger partial charge < -0.3 is 9.32 Å². The second-order valence-electron chi connectivity index (χ2n) is 6.98. The number of hydrogen-bond acceptors (Lipinski definition) is 6. The fraction of sp³-hybridized carbons (Fsp3) is 0.238. The average Bonchev–Trinajstić information content (AvgIpc) is 3.20. The molecule has 3 aromatic rings. The highest BCUT2D eigenvalue weighted by molar-refractivity contribution is 7.89. The number of benzene rings is 2. The van der Waals surface area contributed by atoms with E-state index in [4.69, 9.17) is 4.42 Å². The van der Waals surface area contributed by atoms with Crippen LogP contribution in [-0.2, 0) is 10.0 Å². The second-order valence-corrected chi connectivity index (χ2v) is 8.81. The number of nitrogens with zero attached hydrogens (tertiary/aromatic N) is 4. The van der Waals surface area contributed by atoms with E-state index >= 15 is 0 Å². The first kappa shape index (κ1) is 20.1. The number of piperazine rings is 1. The van der Waals surface area contributed by atoms with Gasteiger partial charge >= 0.3 is 0 Å². The summed E-state index contributed by atoms with van der Waals surface area (Å²) < 4.78 is 47.1. The topological polar surface area (TPSA) is 90.4 Å². The zero-order chi connectivity index (χ0) is 21.3. The molecule has 0 N–H and O–H groups in total. The summed E-state index contributed by atoms with van der Waals surface area (Å²) in [4.78, 5) is 5.87. The van der Waals surface area contributed by atoms with E-state index in [0.717, 1.165) is 5.56 Å². The predicted molar refractivity (Wildman–Crippen MR) is 109 cm³/mol. The van der Waals surface area contributed by atoms with Gasteiger partial charge in [0.05, 0.1) is 5.69 Å². The Bertz CT molecular complexity index is 1210. The van der Waals surface area contributed by atoms with Crippen molar-refractivity contribution in [1.29, 1.82) is 5.26 Å². The van der Waals surface area contributed by atoms with Crippen molar-refractivity contribution in [3.8, 4) is 17.5 Å². The lowest BCUT2D eigenvalue weighted by Gasteiger charge is -2.34.